The molecule has 1 fully saturated rings. The molecule has 2 nitrogen and oxygen atoms in total. The Hall–Kier alpha value is -1.15. The van der Waals surface area contributed by atoms with Gasteiger partial charge in [-0.15, -0.1) is 0 Å². The molecule has 92 valence electrons. The molecule has 0 saturated carbocycles. The molecule has 1 aliphatic rings. The molecular formula is C15H21NO. The molecule has 1 heterocycles. The predicted molar refractivity (Wildman–Crippen MR) is 70.3 cm³/mol. The van der Waals surface area contributed by atoms with Crippen LogP contribution in [-0.4, -0.2) is 18.4 Å². The van der Waals surface area contributed by atoms with Crippen LogP contribution in [0.5, 0.6) is 0 Å². The summed E-state index contributed by atoms with van der Waals surface area (Å²) in [5.41, 5.74) is 3.96. The molecule has 1 aromatic rings. The van der Waals surface area contributed by atoms with E-state index in [4.69, 9.17) is 0 Å². The number of hydrogen-bond donors (Lipinski definition) is 1. The summed E-state index contributed by atoms with van der Waals surface area (Å²) in [5, 5.41) is 3.27. The van der Waals surface area contributed by atoms with Gasteiger partial charge >= 0.3 is 0 Å². The van der Waals surface area contributed by atoms with Crippen LogP contribution in [0.25, 0.3) is 0 Å². The van der Waals surface area contributed by atoms with Gasteiger partial charge in [-0.3, -0.25) is 4.79 Å². The molecule has 1 atom stereocenters. The van der Waals surface area contributed by atoms with Gasteiger partial charge < -0.3 is 5.32 Å². The Balaban J connectivity index is 1.93. The number of carbonyl (C=O) groups excluding carboxylic acids is 1. The van der Waals surface area contributed by atoms with E-state index in [9.17, 15) is 4.79 Å². The van der Waals surface area contributed by atoms with Crippen LogP contribution >= 0.6 is 0 Å². The van der Waals surface area contributed by atoms with Crippen molar-refractivity contribution in [1.29, 1.82) is 0 Å². The van der Waals surface area contributed by atoms with Gasteiger partial charge in [0.05, 0.1) is 6.04 Å². The molecule has 2 heteroatoms. The normalized spacial score (nSPS) is 19.5. The van der Waals surface area contributed by atoms with E-state index in [0.717, 1.165) is 25.8 Å². The Bertz CT molecular complexity index is 405. The van der Waals surface area contributed by atoms with Gasteiger partial charge in [-0.25, -0.2) is 0 Å². The van der Waals surface area contributed by atoms with Crippen molar-refractivity contribution < 1.29 is 4.79 Å². The highest BCUT2D eigenvalue weighted by Gasteiger charge is 2.21. The fraction of sp³-hybridized carbons (Fsp3) is 0.533. The first-order chi connectivity index (χ1) is 8.18. The molecule has 17 heavy (non-hydrogen) atoms. The Labute approximate surface area is 103 Å². The highest BCUT2D eigenvalue weighted by Crippen LogP contribution is 2.16. The second-order valence-electron chi connectivity index (χ2n) is 4.97. The average molecular weight is 231 g/mol. The van der Waals surface area contributed by atoms with Crippen LogP contribution < -0.4 is 5.32 Å². The maximum atomic E-state index is 12.0. The number of Topliss-reactive ketones (excluding diaryl/α,β-unsaturated/α-hetero) is 1. The summed E-state index contributed by atoms with van der Waals surface area (Å²) >= 11 is 0. The average Bonchev–Trinajstić information content (AvgIpc) is 2.84. The van der Waals surface area contributed by atoms with Crippen molar-refractivity contribution in [2.24, 2.45) is 0 Å². The molecule has 0 spiro atoms. The zero-order valence-corrected chi connectivity index (χ0v) is 10.8. The van der Waals surface area contributed by atoms with E-state index < -0.39 is 0 Å². The van der Waals surface area contributed by atoms with Gasteiger partial charge in [0.2, 0.25) is 0 Å². The van der Waals surface area contributed by atoms with Crippen LogP contribution in [0.2, 0.25) is 0 Å². The third-order valence-electron chi connectivity index (χ3n) is 3.81. The Morgan fingerprint density at radius 1 is 1.41 bits per heavy atom. The summed E-state index contributed by atoms with van der Waals surface area (Å²) in [6, 6.07) is 6.47. The second kappa shape index (κ2) is 5.46. The fourth-order valence-electron chi connectivity index (χ4n) is 2.47. The highest BCUT2D eigenvalue weighted by molar-refractivity contribution is 5.84. The lowest BCUT2D eigenvalue weighted by Gasteiger charge is -2.11. The van der Waals surface area contributed by atoms with E-state index in [0.29, 0.717) is 12.2 Å². The van der Waals surface area contributed by atoms with Crippen molar-refractivity contribution >= 4 is 5.78 Å². The Morgan fingerprint density at radius 3 is 2.94 bits per heavy atom. The quantitative estimate of drug-likeness (QED) is 0.863. The molecule has 1 N–H and O–H groups in total. The van der Waals surface area contributed by atoms with E-state index >= 15 is 0 Å². The number of benzene rings is 1. The van der Waals surface area contributed by atoms with E-state index in [1.54, 1.807) is 0 Å². The van der Waals surface area contributed by atoms with Gasteiger partial charge in [-0.05, 0) is 56.3 Å². The van der Waals surface area contributed by atoms with E-state index in [-0.39, 0.29) is 6.04 Å². The smallest absolute Gasteiger partial charge is 0.150 e. The maximum Gasteiger partial charge on any atom is 0.150 e. The van der Waals surface area contributed by atoms with Gasteiger partial charge in [0.1, 0.15) is 5.78 Å². The zero-order chi connectivity index (χ0) is 12.3. The molecule has 0 aromatic heterocycles. The molecule has 0 radical (unpaired) electrons. The van der Waals surface area contributed by atoms with Crippen molar-refractivity contribution in [1.82, 2.24) is 5.32 Å². The number of carbonyl (C=O) groups is 1. The molecule has 0 bridgehead atoms. The van der Waals surface area contributed by atoms with Crippen LogP contribution in [0.1, 0.15) is 36.0 Å². The monoisotopic (exact) mass is 231 g/mol. The largest absolute Gasteiger partial charge is 0.307 e. The number of aryl methyl sites for hydroxylation is 2. The summed E-state index contributed by atoms with van der Waals surface area (Å²) in [7, 11) is 0. The van der Waals surface area contributed by atoms with E-state index in [1.165, 1.54) is 16.7 Å². The molecule has 1 aromatic carbocycles. The van der Waals surface area contributed by atoms with Crippen molar-refractivity contribution in [3.05, 3.63) is 34.9 Å². The standard InChI is InChI=1S/C15H21NO/c1-11-5-3-6-13(12(11)2)8-9-15(17)14-7-4-10-16-14/h3,5-6,14,16H,4,7-10H2,1-2H3. The minimum atomic E-state index is 0.125. The molecule has 0 amide bonds. The molecule has 1 unspecified atom stereocenters. The summed E-state index contributed by atoms with van der Waals surface area (Å²) in [5.74, 6) is 0.378. The molecule has 0 aliphatic carbocycles. The maximum absolute atomic E-state index is 12.0. The lowest BCUT2D eigenvalue weighted by molar-refractivity contribution is -0.120. The number of rotatable bonds is 4. The fourth-order valence-corrected chi connectivity index (χ4v) is 2.47. The first-order valence-electron chi connectivity index (χ1n) is 6.49. The van der Waals surface area contributed by atoms with Crippen molar-refractivity contribution in [2.75, 3.05) is 6.54 Å². The minimum absolute atomic E-state index is 0.125. The lowest BCUT2D eigenvalue weighted by atomic mass is 9.97. The second-order valence-corrected chi connectivity index (χ2v) is 4.97. The van der Waals surface area contributed by atoms with Crippen LogP contribution in [0.3, 0.4) is 0 Å². The van der Waals surface area contributed by atoms with E-state index in [1.807, 2.05) is 0 Å². The van der Waals surface area contributed by atoms with Crippen LogP contribution in [0, 0.1) is 13.8 Å². The molecule has 1 saturated heterocycles. The third kappa shape index (κ3) is 2.95. The van der Waals surface area contributed by atoms with Gasteiger partial charge in [0.15, 0.2) is 0 Å². The molecular weight excluding hydrogens is 210 g/mol. The topological polar surface area (TPSA) is 29.1 Å². The summed E-state index contributed by atoms with van der Waals surface area (Å²) in [6.07, 6.45) is 3.71. The molecule has 1 aliphatic heterocycles. The Kier molecular flexibility index (Phi) is 3.95. The SMILES string of the molecule is Cc1cccc(CCC(=O)C2CCCN2)c1C. The molecule has 2 rings (SSSR count). The first-order valence-corrected chi connectivity index (χ1v) is 6.49. The van der Waals surface area contributed by atoms with Crippen LogP contribution in [0.4, 0.5) is 0 Å². The Morgan fingerprint density at radius 2 is 2.24 bits per heavy atom. The lowest BCUT2D eigenvalue weighted by Crippen LogP contribution is -2.30. The third-order valence-corrected chi connectivity index (χ3v) is 3.81. The first kappa shape index (κ1) is 12.3. The zero-order valence-electron chi connectivity index (χ0n) is 10.8. The predicted octanol–water partition coefficient (Wildman–Crippen LogP) is 2.56. The van der Waals surface area contributed by atoms with Gasteiger partial charge in [0, 0.05) is 6.42 Å². The van der Waals surface area contributed by atoms with E-state index in [2.05, 4.69) is 37.4 Å². The number of nitrogens with one attached hydrogen (secondary N) is 1. The van der Waals surface area contributed by atoms with Crippen molar-refractivity contribution in [2.45, 2.75) is 45.6 Å². The van der Waals surface area contributed by atoms with Crippen molar-refractivity contribution in [3.8, 4) is 0 Å². The summed E-state index contributed by atoms with van der Waals surface area (Å²) in [4.78, 5) is 12.0. The van der Waals surface area contributed by atoms with Gasteiger partial charge in [0.25, 0.3) is 0 Å². The number of ketones is 1. The minimum Gasteiger partial charge on any atom is -0.307 e. The summed E-state index contributed by atoms with van der Waals surface area (Å²) in [6.45, 7) is 5.27. The number of hydrogen-bond acceptors (Lipinski definition) is 2. The highest BCUT2D eigenvalue weighted by atomic mass is 16.1. The van der Waals surface area contributed by atoms with Crippen LogP contribution in [0.15, 0.2) is 18.2 Å². The van der Waals surface area contributed by atoms with Gasteiger partial charge in [-0.2, -0.15) is 0 Å². The van der Waals surface area contributed by atoms with Gasteiger partial charge in [-0.1, -0.05) is 18.2 Å². The summed E-state index contributed by atoms with van der Waals surface area (Å²) < 4.78 is 0. The van der Waals surface area contributed by atoms with Crippen LogP contribution in [-0.2, 0) is 11.2 Å². The van der Waals surface area contributed by atoms with Crippen molar-refractivity contribution in [3.63, 3.8) is 0 Å².